The molecule has 0 saturated carbocycles. The monoisotopic (exact) mass is 422 g/mol. The van der Waals surface area contributed by atoms with Gasteiger partial charge in [-0.1, -0.05) is 6.92 Å². The summed E-state index contributed by atoms with van der Waals surface area (Å²) in [4.78, 5) is 30.3. The van der Waals surface area contributed by atoms with Gasteiger partial charge in [0.25, 0.3) is 5.91 Å². The van der Waals surface area contributed by atoms with Crippen molar-refractivity contribution in [2.24, 2.45) is 0 Å². The molecule has 2 heterocycles. The summed E-state index contributed by atoms with van der Waals surface area (Å²) < 4.78 is 5.97. The smallest absolute Gasteiger partial charge is 0.341 e. The highest BCUT2D eigenvalue weighted by atomic mass is 79.9. The van der Waals surface area contributed by atoms with Gasteiger partial charge in [-0.2, -0.15) is 0 Å². The maximum atomic E-state index is 12.6. The number of nitrogens with zero attached hydrogens (tertiary/aromatic N) is 1. The van der Waals surface area contributed by atoms with Crippen molar-refractivity contribution in [2.75, 3.05) is 11.9 Å². The summed E-state index contributed by atoms with van der Waals surface area (Å²) in [5.41, 5.74) is 1.99. The third kappa shape index (κ3) is 3.77. The van der Waals surface area contributed by atoms with E-state index in [-0.39, 0.29) is 17.8 Å². The molecule has 2 aromatic heterocycles. The first-order valence-corrected chi connectivity index (χ1v) is 9.86. The summed E-state index contributed by atoms with van der Waals surface area (Å²) in [6.45, 7) is 4.21. The molecule has 2 aromatic rings. The second-order valence-corrected chi connectivity index (χ2v) is 8.02. The number of esters is 1. The Kier molecular flexibility index (Phi) is 5.54. The molecule has 5 nitrogen and oxygen atoms in total. The van der Waals surface area contributed by atoms with Crippen LogP contribution in [0.15, 0.2) is 22.9 Å². The molecule has 1 amide bonds. The number of carbonyl (C=O) groups is 2. The zero-order chi connectivity index (χ0) is 18.0. The van der Waals surface area contributed by atoms with Crippen LogP contribution >= 0.6 is 27.3 Å². The van der Waals surface area contributed by atoms with Crippen molar-refractivity contribution >= 4 is 44.1 Å². The summed E-state index contributed by atoms with van der Waals surface area (Å²) in [5, 5.41) is 3.46. The molecule has 0 aromatic carbocycles. The molecule has 1 aliphatic carbocycles. The van der Waals surface area contributed by atoms with E-state index in [4.69, 9.17) is 4.74 Å². The van der Waals surface area contributed by atoms with Crippen LogP contribution in [0, 0.1) is 0 Å². The first-order chi connectivity index (χ1) is 12.0. The van der Waals surface area contributed by atoms with E-state index in [9.17, 15) is 9.59 Å². The van der Waals surface area contributed by atoms with E-state index >= 15 is 0 Å². The lowest BCUT2D eigenvalue weighted by Gasteiger charge is -2.19. The number of halogens is 1. The van der Waals surface area contributed by atoms with Crippen molar-refractivity contribution < 1.29 is 14.3 Å². The molecule has 3 rings (SSSR count). The van der Waals surface area contributed by atoms with Crippen LogP contribution in [0.1, 0.15) is 63.8 Å². The molecule has 1 unspecified atom stereocenters. The van der Waals surface area contributed by atoms with Gasteiger partial charge in [0.2, 0.25) is 0 Å². The van der Waals surface area contributed by atoms with E-state index in [1.807, 2.05) is 0 Å². The maximum Gasteiger partial charge on any atom is 0.341 e. The first kappa shape index (κ1) is 18.1. The highest BCUT2D eigenvalue weighted by Gasteiger charge is 2.30. The molecule has 25 heavy (non-hydrogen) atoms. The number of thiophene rings is 1. The predicted octanol–water partition coefficient (Wildman–Crippen LogP) is 4.77. The number of carbonyl (C=O) groups excluding carboxylic acids is 2. The van der Waals surface area contributed by atoms with Crippen molar-refractivity contribution in [3.8, 4) is 0 Å². The Morgan fingerprint density at radius 3 is 2.96 bits per heavy atom. The van der Waals surface area contributed by atoms with Crippen LogP contribution in [0.5, 0.6) is 0 Å². The maximum absolute atomic E-state index is 12.6. The lowest BCUT2D eigenvalue weighted by Crippen LogP contribution is -2.16. The number of nitrogens with one attached hydrogen (secondary N) is 1. The number of hydrogen-bond donors (Lipinski definition) is 1. The molecule has 0 fully saturated rings. The minimum absolute atomic E-state index is 0.286. The topological polar surface area (TPSA) is 68.3 Å². The SMILES string of the molecule is CCOC(=O)c1c(NC(=O)c2cncc(Br)c2)sc2c1C(C)CCC2. The highest BCUT2D eigenvalue weighted by molar-refractivity contribution is 9.10. The minimum Gasteiger partial charge on any atom is -0.462 e. The molecule has 1 N–H and O–H groups in total. The van der Waals surface area contributed by atoms with Crippen molar-refractivity contribution in [1.29, 1.82) is 0 Å². The first-order valence-electron chi connectivity index (χ1n) is 8.25. The summed E-state index contributed by atoms with van der Waals surface area (Å²) in [7, 11) is 0. The average Bonchev–Trinajstić information content (AvgIpc) is 2.94. The summed E-state index contributed by atoms with van der Waals surface area (Å²) in [5.74, 6) is -0.361. The molecule has 132 valence electrons. The third-order valence-corrected chi connectivity index (χ3v) is 5.84. The van der Waals surface area contributed by atoms with Gasteiger partial charge in [-0.25, -0.2) is 4.79 Å². The van der Waals surface area contributed by atoms with Crippen molar-refractivity contribution in [3.63, 3.8) is 0 Å². The number of aromatic nitrogens is 1. The van der Waals surface area contributed by atoms with Gasteiger partial charge >= 0.3 is 5.97 Å². The molecule has 0 radical (unpaired) electrons. The van der Waals surface area contributed by atoms with Crippen LogP contribution in [0.3, 0.4) is 0 Å². The van der Waals surface area contributed by atoms with Gasteiger partial charge in [0, 0.05) is 21.7 Å². The minimum atomic E-state index is -0.364. The zero-order valence-corrected chi connectivity index (χ0v) is 16.5. The molecule has 0 bridgehead atoms. The molecule has 1 atom stereocenters. The Bertz CT molecular complexity index is 819. The number of amides is 1. The van der Waals surface area contributed by atoms with E-state index in [1.54, 1.807) is 19.2 Å². The van der Waals surface area contributed by atoms with Gasteiger partial charge in [-0.3, -0.25) is 9.78 Å². The molecule has 1 aliphatic rings. The van der Waals surface area contributed by atoms with E-state index in [0.717, 1.165) is 29.3 Å². The van der Waals surface area contributed by atoms with Crippen LogP contribution < -0.4 is 5.32 Å². The van der Waals surface area contributed by atoms with Gasteiger partial charge in [0.05, 0.1) is 17.7 Å². The van der Waals surface area contributed by atoms with E-state index in [2.05, 4.69) is 33.2 Å². The Morgan fingerprint density at radius 2 is 2.24 bits per heavy atom. The van der Waals surface area contributed by atoms with Crippen LogP contribution in [0.4, 0.5) is 5.00 Å². The zero-order valence-electron chi connectivity index (χ0n) is 14.1. The van der Waals surface area contributed by atoms with E-state index in [0.29, 0.717) is 22.7 Å². The number of hydrogen-bond acceptors (Lipinski definition) is 5. The van der Waals surface area contributed by atoms with Crippen molar-refractivity contribution in [3.05, 3.63) is 44.5 Å². The fourth-order valence-corrected chi connectivity index (χ4v) is 4.83. The summed E-state index contributed by atoms with van der Waals surface area (Å²) in [6, 6.07) is 1.70. The van der Waals surface area contributed by atoms with E-state index < -0.39 is 0 Å². The molecular weight excluding hydrogens is 404 g/mol. The second-order valence-electron chi connectivity index (χ2n) is 6.00. The standard InChI is InChI=1S/C18H19BrN2O3S/c1-3-24-18(23)15-14-10(2)5-4-6-13(14)25-17(15)21-16(22)11-7-12(19)9-20-8-11/h7-10H,3-6H2,1-2H3,(H,21,22). The van der Waals surface area contributed by atoms with Gasteiger partial charge in [-0.05, 0) is 59.7 Å². The summed E-state index contributed by atoms with van der Waals surface area (Å²) >= 11 is 4.80. The van der Waals surface area contributed by atoms with Gasteiger partial charge < -0.3 is 10.1 Å². The number of aryl methyl sites for hydroxylation is 1. The molecule has 0 aliphatic heterocycles. The van der Waals surface area contributed by atoms with Crippen LogP contribution in [-0.4, -0.2) is 23.5 Å². The average molecular weight is 423 g/mol. The molecule has 0 spiro atoms. The third-order valence-electron chi connectivity index (χ3n) is 4.23. The fourth-order valence-electron chi connectivity index (χ4n) is 3.12. The summed E-state index contributed by atoms with van der Waals surface area (Å²) in [6.07, 6.45) is 6.19. The number of rotatable bonds is 4. The number of pyridine rings is 1. The highest BCUT2D eigenvalue weighted by Crippen LogP contribution is 2.43. The van der Waals surface area contributed by atoms with Gasteiger partial charge in [0.1, 0.15) is 5.00 Å². The van der Waals surface area contributed by atoms with Crippen molar-refractivity contribution in [1.82, 2.24) is 4.98 Å². The Balaban J connectivity index is 1.98. The largest absolute Gasteiger partial charge is 0.462 e. The Hall–Kier alpha value is -1.73. The van der Waals surface area contributed by atoms with Crippen LogP contribution in [0.25, 0.3) is 0 Å². The van der Waals surface area contributed by atoms with Crippen LogP contribution in [0.2, 0.25) is 0 Å². The normalized spacial score (nSPS) is 16.2. The van der Waals surface area contributed by atoms with Crippen LogP contribution in [-0.2, 0) is 11.2 Å². The van der Waals surface area contributed by atoms with Crippen molar-refractivity contribution in [2.45, 2.75) is 39.0 Å². The number of fused-ring (bicyclic) bond motifs is 1. The molecular formula is C18H19BrN2O3S. The van der Waals surface area contributed by atoms with Gasteiger partial charge in [-0.15, -0.1) is 11.3 Å². The predicted molar refractivity (Wildman–Crippen MR) is 102 cm³/mol. The molecule has 7 heteroatoms. The quantitative estimate of drug-likeness (QED) is 0.720. The number of anilines is 1. The van der Waals surface area contributed by atoms with Gasteiger partial charge in [0.15, 0.2) is 0 Å². The number of ether oxygens (including phenoxy) is 1. The Labute approximate surface area is 158 Å². The molecule has 0 saturated heterocycles. The fraction of sp³-hybridized carbons (Fsp3) is 0.389. The van der Waals surface area contributed by atoms with E-state index in [1.165, 1.54) is 22.4 Å². The Morgan fingerprint density at radius 1 is 1.44 bits per heavy atom. The second kappa shape index (κ2) is 7.66. The lowest BCUT2D eigenvalue weighted by molar-refractivity contribution is 0.0526. The lowest BCUT2D eigenvalue weighted by atomic mass is 9.86.